The van der Waals surface area contributed by atoms with Crippen molar-refractivity contribution >= 4 is 31.7 Å². The van der Waals surface area contributed by atoms with Gasteiger partial charge in [-0.25, -0.2) is 8.42 Å². The highest BCUT2D eigenvalue weighted by molar-refractivity contribution is 9.10. The zero-order valence-corrected chi connectivity index (χ0v) is 18.4. The van der Waals surface area contributed by atoms with Gasteiger partial charge in [-0.05, 0) is 61.2 Å². The van der Waals surface area contributed by atoms with E-state index < -0.39 is 9.84 Å². The quantitative estimate of drug-likeness (QED) is 0.652. The van der Waals surface area contributed by atoms with Gasteiger partial charge in [0.2, 0.25) is 0 Å². The summed E-state index contributed by atoms with van der Waals surface area (Å²) in [5, 5.41) is 0. The van der Waals surface area contributed by atoms with Crippen molar-refractivity contribution < 1.29 is 17.9 Å². The highest BCUT2D eigenvalue weighted by Crippen LogP contribution is 2.22. The van der Waals surface area contributed by atoms with Crippen molar-refractivity contribution in [2.75, 3.05) is 18.1 Å². The van der Waals surface area contributed by atoms with Gasteiger partial charge in [-0.15, -0.1) is 0 Å². The molecule has 1 atom stereocenters. The Balaban J connectivity index is 1.75. The number of nitrogens with zero attached hydrogens (tertiary/aromatic N) is 1. The van der Waals surface area contributed by atoms with E-state index in [1.165, 1.54) is 0 Å². The number of halogens is 1. The first-order valence-electron chi connectivity index (χ1n) is 9.18. The van der Waals surface area contributed by atoms with Crippen LogP contribution in [0.15, 0.2) is 46.9 Å². The van der Waals surface area contributed by atoms with Crippen molar-refractivity contribution in [3.63, 3.8) is 0 Å². The monoisotopic (exact) mass is 465 g/mol. The Bertz CT molecular complexity index is 974. The van der Waals surface area contributed by atoms with Gasteiger partial charge in [0.1, 0.15) is 5.75 Å². The number of benzene rings is 2. The van der Waals surface area contributed by atoms with Crippen LogP contribution >= 0.6 is 15.9 Å². The lowest BCUT2D eigenvalue weighted by atomic mass is 10.1. The number of aryl methyl sites for hydroxylation is 2. The van der Waals surface area contributed by atoms with E-state index in [0.717, 1.165) is 21.2 Å². The van der Waals surface area contributed by atoms with Gasteiger partial charge in [-0.3, -0.25) is 4.79 Å². The molecule has 0 radical (unpaired) electrons. The first kappa shape index (κ1) is 20.9. The molecule has 0 aliphatic carbocycles. The van der Waals surface area contributed by atoms with Gasteiger partial charge in [-0.2, -0.15) is 0 Å². The van der Waals surface area contributed by atoms with Crippen LogP contribution in [0.2, 0.25) is 0 Å². The Hall–Kier alpha value is -1.86. The molecule has 150 valence electrons. The van der Waals surface area contributed by atoms with E-state index in [2.05, 4.69) is 15.9 Å². The van der Waals surface area contributed by atoms with Crippen LogP contribution in [0, 0.1) is 13.8 Å². The van der Waals surface area contributed by atoms with E-state index in [-0.39, 0.29) is 30.1 Å². The zero-order valence-electron chi connectivity index (χ0n) is 16.0. The average molecular weight is 466 g/mol. The van der Waals surface area contributed by atoms with Crippen LogP contribution in [0.5, 0.6) is 5.75 Å². The number of sulfone groups is 1. The maximum atomic E-state index is 13.0. The van der Waals surface area contributed by atoms with Gasteiger partial charge in [0.25, 0.3) is 5.91 Å². The first-order valence-corrected chi connectivity index (χ1v) is 11.8. The average Bonchev–Trinajstić information content (AvgIpc) is 3.00. The molecule has 2 aromatic carbocycles. The molecule has 3 rings (SSSR count). The number of carbonyl (C=O) groups is 1. The lowest BCUT2D eigenvalue weighted by Crippen LogP contribution is -2.43. The van der Waals surface area contributed by atoms with Gasteiger partial charge in [-0.1, -0.05) is 34.1 Å². The number of ether oxygens (including phenoxy) is 1. The number of rotatable bonds is 6. The van der Waals surface area contributed by atoms with Crippen LogP contribution in [0.3, 0.4) is 0 Å². The molecule has 1 saturated heterocycles. The smallest absolute Gasteiger partial charge is 0.261 e. The van der Waals surface area contributed by atoms with Gasteiger partial charge in [0, 0.05) is 17.1 Å². The van der Waals surface area contributed by atoms with E-state index in [1.54, 1.807) is 4.90 Å². The Labute approximate surface area is 174 Å². The minimum Gasteiger partial charge on any atom is -0.484 e. The molecule has 1 aliphatic heterocycles. The van der Waals surface area contributed by atoms with E-state index in [9.17, 15) is 13.2 Å². The number of hydrogen-bond donors (Lipinski definition) is 0. The molecule has 5 nitrogen and oxygen atoms in total. The lowest BCUT2D eigenvalue weighted by Gasteiger charge is -2.28. The summed E-state index contributed by atoms with van der Waals surface area (Å²) in [7, 11) is -3.10. The van der Waals surface area contributed by atoms with E-state index in [0.29, 0.717) is 18.7 Å². The number of amides is 1. The summed E-state index contributed by atoms with van der Waals surface area (Å²) in [5.74, 6) is 0.562. The molecule has 2 aromatic rings. The molecule has 0 saturated carbocycles. The van der Waals surface area contributed by atoms with E-state index in [1.807, 2.05) is 56.3 Å². The van der Waals surface area contributed by atoms with Gasteiger partial charge in [0.15, 0.2) is 16.4 Å². The fourth-order valence-electron chi connectivity index (χ4n) is 3.31. The Morgan fingerprint density at radius 1 is 1.18 bits per heavy atom. The molecule has 0 spiro atoms. The van der Waals surface area contributed by atoms with Crippen LogP contribution in [-0.4, -0.2) is 43.4 Å². The third-order valence-electron chi connectivity index (χ3n) is 5.05. The summed E-state index contributed by atoms with van der Waals surface area (Å²) in [4.78, 5) is 14.6. The van der Waals surface area contributed by atoms with Gasteiger partial charge >= 0.3 is 0 Å². The Morgan fingerprint density at radius 2 is 1.96 bits per heavy atom. The summed E-state index contributed by atoms with van der Waals surface area (Å²) >= 11 is 3.44. The normalized spacial score (nSPS) is 18.0. The second-order valence-electron chi connectivity index (χ2n) is 7.24. The number of carbonyl (C=O) groups excluding carboxylic acids is 1. The molecular formula is C21H24BrNO4S. The molecule has 1 aliphatic rings. The van der Waals surface area contributed by atoms with Crippen molar-refractivity contribution in [2.45, 2.75) is 32.9 Å². The van der Waals surface area contributed by atoms with E-state index in [4.69, 9.17) is 4.74 Å². The highest BCUT2D eigenvalue weighted by atomic mass is 79.9. The maximum Gasteiger partial charge on any atom is 0.261 e. The molecule has 28 heavy (non-hydrogen) atoms. The van der Waals surface area contributed by atoms with Crippen molar-refractivity contribution in [3.05, 3.63) is 63.6 Å². The van der Waals surface area contributed by atoms with Crippen molar-refractivity contribution in [3.8, 4) is 5.75 Å². The molecule has 1 heterocycles. The summed E-state index contributed by atoms with van der Waals surface area (Å²) in [5.41, 5.74) is 3.20. The summed E-state index contributed by atoms with van der Waals surface area (Å²) in [6.45, 7) is 4.25. The van der Waals surface area contributed by atoms with Crippen LogP contribution in [0.1, 0.15) is 23.1 Å². The lowest BCUT2D eigenvalue weighted by molar-refractivity contribution is -0.136. The third kappa shape index (κ3) is 5.35. The molecular weight excluding hydrogens is 442 g/mol. The highest BCUT2D eigenvalue weighted by Gasteiger charge is 2.34. The minimum atomic E-state index is -3.10. The predicted molar refractivity (Wildman–Crippen MR) is 113 cm³/mol. The molecule has 1 amide bonds. The van der Waals surface area contributed by atoms with Crippen molar-refractivity contribution in [1.29, 1.82) is 0 Å². The largest absolute Gasteiger partial charge is 0.484 e. The second-order valence-corrected chi connectivity index (χ2v) is 10.4. The summed E-state index contributed by atoms with van der Waals surface area (Å²) in [6.07, 6.45) is 0.464. The molecule has 0 N–H and O–H groups in total. The van der Waals surface area contributed by atoms with Crippen LogP contribution in [-0.2, 0) is 21.2 Å². The fourth-order valence-corrected chi connectivity index (χ4v) is 5.48. The minimum absolute atomic E-state index is 0.0103. The first-order chi connectivity index (χ1) is 13.2. The maximum absolute atomic E-state index is 13.0. The Morgan fingerprint density at radius 3 is 2.61 bits per heavy atom. The second kappa shape index (κ2) is 8.66. The SMILES string of the molecule is Cc1ccc(OCC(=O)N(Cc2cccc(Br)c2)C2CCS(=O)(=O)C2)cc1C. The van der Waals surface area contributed by atoms with Crippen LogP contribution < -0.4 is 4.74 Å². The van der Waals surface area contributed by atoms with Crippen molar-refractivity contribution in [1.82, 2.24) is 4.90 Å². The fraction of sp³-hybridized carbons (Fsp3) is 0.381. The Kier molecular flexibility index (Phi) is 6.45. The molecule has 1 unspecified atom stereocenters. The number of hydrogen-bond acceptors (Lipinski definition) is 4. The van der Waals surface area contributed by atoms with Crippen LogP contribution in [0.25, 0.3) is 0 Å². The topological polar surface area (TPSA) is 63.7 Å². The summed E-state index contributed by atoms with van der Waals surface area (Å²) < 4.78 is 30.5. The van der Waals surface area contributed by atoms with E-state index >= 15 is 0 Å². The standard InChI is InChI=1S/C21H24BrNO4S/c1-15-6-7-20(10-16(15)2)27-13-21(24)23(19-8-9-28(25,26)14-19)12-17-4-3-5-18(22)11-17/h3-7,10-11,19H,8-9,12-14H2,1-2H3. The molecule has 0 bridgehead atoms. The summed E-state index contributed by atoms with van der Waals surface area (Å²) in [6, 6.07) is 13.1. The van der Waals surface area contributed by atoms with Crippen LogP contribution in [0.4, 0.5) is 0 Å². The third-order valence-corrected chi connectivity index (χ3v) is 7.30. The van der Waals surface area contributed by atoms with Crippen molar-refractivity contribution in [2.24, 2.45) is 0 Å². The zero-order chi connectivity index (χ0) is 20.3. The van der Waals surface area contributed by atoms with Gasteiger partial charge in [0.05, 0.1) is 11.5 Å². The van der Waals surface area contributed by atoms with Gasteiger partial charge < -0.3 is 9.64 Å². The molecule has 0 aromatic heterocycles. The molecule has 1 fully saturated rings. The molecule has 7 heteroatoms. The predicted octanol–water partition coefficient (Wildman–Crippen LogP) is 3.66.